The van der Waals surface area contributed by atoms with E-state index in [1.807, 2.05) is 6.92 Å². The van der Waals surface area contributed by atoms with Crippen LogP contribution in [0.3, 0.4) is 0 Å². The summed E-state index contributed by atoms with van der Waals surface area (Å²) in [5, 5.41) is 9.83. The molecule has 3 aromatic rings. The Bertz CT molecular complexity index is 1220. The van der Waals surface area contributed by atoms with Crippen molar-refractivity contribution in [2.75, 3.05) is 26.7 Å². The third-order valence-corrected chi connectivity index (χ3v) is 6.41. The maximum absolute atomic E-state index is 13.6. The van der Waals surface area contributed by atoms with Crippen molar-refractivity contribution < 1.29 is 23.8 Å². The monoisotopic (exact) mass is 492 g/mol. The molecule has 0 saturated carbocycles. The molecule has 0 radical (unpaired) electrons. The van der Waals surface area contributed by atoms with Gasteiger partial charge in [0.05, 0.1) is 24.8 Å². The maximum Gasteiger partial charge on any atom is 0.259 e. The fourth-order valence-electron chi connectivity index (χ4n) is 4.18. The molecule has 8 nitrogen and oxygen atoms in total. The second kappa shape index (κ2) is 10.8. The zero-order valence-electron chi connectivity index (χ0n) is 20.5. The highest BCUT2D eigenvalue weighted by atomic mass is 19.1. The van der Waals surface area contributed by atoms with Crippen molar-refractivity contribution in [2.45, 2.75) is 26.0 Å². The molecule has 0 fully saturated rings. The van der Waals surface area contributed by atoms with Crippen molar-refractivity contribution in [3.63, 3.8) is 0 Å². The van der Waals surface area contributed by atoms with Crippen LogP contribution in [0.15, 0.2) is 61.1 Å². The van der Waals surface area contributed by atoms with E-state index in [-0.39, 0.29) is 48.1 Å². The van der Waals surface area contributed by atoms with Gasteiger partial charge < -0.3 is 19.6 Å². The number of hydrogen-bond donors (Lipinski definition) is 1. The number of likely N-dealkylation sites (N-methyl/N-ethyl adjacent to an activating group) is 1. The molecule has 1 aliphatic rings. The number of hydrogen-bond acceptors (Lipinski definition) is 6. The smallest absolute Gasteiger partial charge is 0.259 e. The van der Waals surface area contributed by atoms with Gasteiger partial charge in [0, 0.05) is 43.7 Å². The van der Waals surface area contributed by atoms with Crippen LogP contribution in [0.25, 0.3) is 11.1 Å². The molecule has 1 aliphatic heterocycles. The summed E-state index contributed by atoms with van der Waals surface area (Å²) in [5.74, 6) is -0.883. The molecule has 0 aliphatic carbocycles. The standard InChI is InChI=1S/C27H29FN4O4/c1-17-14-32(18(2)16-33)27(35)23-11-21(19-6-8-22(28)9-7-19)13-30-25(23)36-24(17)15-31(3)26(34)20-5-4-10-29-12-20/h4-13,17-18,24,33H,14-16H2,1-3H3/t17-,18+,24+/m0/s1. The van der Waals surface area contributed by atoms with Crippen LogP contribution in [-0.4, -0.2) is 75.6 Å². The summed E-state index contributed by atoms with van der Waals surface area (Å²) in [6.07, 6.45) is 4.22. The molecule has 188 valence electrons. The van der Waals surface area contributed by atoms with Crippen LogP contribution in [0, 0.1) is 11.7 Å². The molecule has 2 amide bonds. The molecule has 2 aromatic heterocycles. The molecule has 3 heterocycles. The van der Waals surface area contributed by atoms with E-state index >= 15 is 0 Å². The van der Waals surface area contributed by atoms with Crippen molar-refractivity contribution in [1.82, 2.24) is 19.8 Å². The van der Waals surface area contributed by atoms with E-state index in [2.05, 4.69) is 9.97 Å². The number of nitrogens with zero attached hydrogens (tertiary/aromatic N) is 4. The summed E-state index contributed by atoms with van der Waals surface area (Å²) in [5.41, 5.74) is 2.05. The lowest BCUT2D eigenvalue weighted by Crippen LogP contribution is -2.50. The quantitative estimate of drug-likeness (QED) is 0.568. The van der Waals surface area contributed by atoms with Crippen LogP contribution >= 0.6 is 0 Å². The lowest BCUT2D eigenvalue weighted by molar-refractivity contribution is 0.0313. The summed E-state index contributed by atoms with van der Waals surface area (Å²) < 4.78 is 19.7. The van der Waals surface area contributed by atoms with Gasteiger partial charge in [0.2, 0.25) is 5.88 Å². The number of benzene rings is 1. The van der Waals surface area contributed by atoms with E-state index in [0.29, 0.717) is 23.2 Å². The minimum Gasteiger partial charge on any atom is -0.472 e. The van der Waals surface area contributed by atoms with Crippen LogP contribution in [0.2, 0.25) is 0 Å². The van der Waals surface area contributed by atoms with Crippen LogP contribution in [0.5, 0.6) is 5.88 Å². The fourth-order valence-corrected chi connectivity index (χ4v) is 4.18. The molecule has 3 atom stereocenters. The van der Waals surface area contributed by atoms with Gasteiger partial charge in [0.1, 0.15) is 17.5 Å². The van der Waals surface area contributed by atoms with Crippen molar-refractivity contribution >= 4 is 11.8 Å². The molecule has 0 bridgehead atoms. The first-order valence-corrected chi connectivity index (χ1v) is 11.8. The third-order valence-electron chi connectivity index (χ3n) is 6.41. The van der Waals surface area contributed by atoms with E-state index in [4.69, 9.17) is 4.74 Å². The van der Waals surface area contributed by atoms with Gasteiger partial charge in [-0.3, -0.25) is 14.6 Å². The van der Waals surface area contributed by atoms with Gasteiger partial charge in [0.25, 0.3) is 11.8 Å². The summed E-state index contributed by atoms with van der Waals surface area (Å²) in [4.78, 5) is 38.1. The Morgan fingerprint density at radius 3 is 2.67 bits per heavy atom. The Morgan fingerprint density at radius 2 is 2.00 bits per heavy atom. The molecule has 0 saturated heterocycles. The number of aromatic nitrogens is 2. The Balaban J connectivity index is 1.68. The second-order valence-corrected chi connectivity index (χ2v) is 9.13. The van der Waals surface area contributed by atoms with Gasteiger partial charge in [0.15, 0.2) is 0 Å². The third kappa shape index (κ3) is 5.36. The first kappa shape index (κ1) is 25.2. The van der Waals surface area contributed by atoms with Crippen molar-refractivity contribution in [2.24, 2.45) is 5.92 Å². The molecule has 9 heteroatoms. The highest BCUT2D eigenvalue weighted by Gasteiger charge is 2.35. The van der Waals surface area contributed by atoms with Crippen LogP contribution in [-0.2, 0) is 0 Å². The predicted octanol–water partition coefficient (Wildman–Crippen LogP) is 3.28. The summed E-state index contributed by atoms with van der Waals surface area (Å²) in [6, 6.07) is 10.6. The first-order chi connectivity index (χ1) is 17.3. The van der Waals surface area contributed by atoms with Crippen molar-refractivity contribution in [1.29, 1.82) is 0 Å². The Hall–Kier alpha value is -3.85. The van der Waals surface area contributed by atoms with E-state index in [1.54, 1.807) is 66.5 Å². The summed E-state index contributed by atoms with van der Waals surface area (Å²) >= 11 is 0. The number of amides is 2. The van der Waals surface area contributed by atoms with Gasteiger partial charge in [-0.15, -0.1) is 0 Å². The van der Waals surface area contributed by atoms with Gasteiger partial charge in [-0.05, 0) is 42.8 Å². The van der Waals surface area contributed by atoms with Crippen molar-refractivity contribution in [3.8, 4) is 17.0 Å². The number of carbonyl (C=O) groups excluding carboxylic acids is 2. The zero-order valence-corrected chi connectivity index (χ0v) is 20.5. The lowest BCUT2D eigenvalue weighted by atomic mass is 9.99. The maximum atomic E-state index is 13.6. The van der Waals surface area contributed by atoms with Gasteiger partial charge in [-0.1, -0.05) is 19.1 Å². The largest absolute Gasteiger partial charge is 0.472 e. The number of rotatable bonds is 6. The first-order valence-electron chi connectivity index (χ1n) is 11.8. The fraction of sp³-hybridized carbons (Fsp3) is 0.333. The molecule has 0 unspecified atom stereocenters. The van der Waals surface area contributed by atoms with E-state index < -0.39 is 12.1 Å². The minimum atomic E-state index is -0.472. The number of aliphatic hydroxyl groups excluding tert-OH is 1. The SMILES string of the molecule is C[C@H](CO)N1C[C@H](C)[C@@H](CN(C)C(=O)c2cccnc2)Oc2ncc(-c3ccc(F)cc3)cc2C1=O. The number of carbonyl (C=O) groups is 2. The molecule has 4 rings (SSSR count). The Labute approximate surface area is 209 Å². The van der Waals surface area contributed by atoms with E-state index in [9.17, 15) is 19.1 Å². The number of pyridine rings is 2. The molecule has 1 N–H and O–H groups in total. The Morgan fingerprint density at radius 1 is 1.25 bits per heavy atom. The Kier molecular flexibility index (Phi) is 7.59. The topological polar surface area (TPSA) is 95.9 Å². The lowest BCUT2D eigenvalue weighted by Gasteiger charge is -2.37. The van der Waals surface area contributed by atoms with E-state index in [1.165, 1.54) is 18.3 Å². The highest BCUT2D eigenvalue weighted by Crippen LogP contribution is 2.30. The molecular weight excluding hydrogens is 463 g/mol. The molecule has 0 spiro atoms. The van der Waals surface area contributed by atoms with Gasteiger partial charge in [-0.25, -0.2) is 9.37 Å². The van der Waals surface area contributed by atoms with Gasteiger partial charge >= 0.3 is 0 Å². The second-order valence-electron chi connectivity index (χ2n) is 9.13. The number of fused-ring (bicyclic) bond motifs is 1. The van der Waals surface area contributed by atoms with Gasteiger partial charge in [-0.2, -0.15) is 0 Å². The van der Waals surface area contributed by atoms with Crippen LogP contribution < -0.4 is 4.74 Å². The van der Waals surface area contributed by atoms with Crippen molar-refractivity contribution in [3.05, 3.63) is 78.0 Å². The van der Waals surface area contributed by atoms with E-state index in [0.717, 1.165) is 0 Å². The van der Waals surface area contributed by atoms with Crippen LogP contribution in [0.4, 0.5) is 4.39 Å². The average molecular weight is 493 g/mol. The summed E-state index contributed by atoms with van der Waals surface area (Å²) in [7, 11) is 1.69. The predicted molar refractivity (Wildman–Crippen MR) is 132 cm³/mol. The zero-order chi connectivity index (χ0) is 25.8. The molecule has 1 aromatic carbocycles. The highest BCUT2D eigenvalue weighted by molar-refractivity contribution is 5.98. The normalized spacial score (nSPS) is 18.5. The molecular formula is C27H29FN4O4. The molecule has 36 heavy (non-hydrogen) atoms. The number of halogens is 1. The van der Waals surface area contributed by atoms with Crippen LogP contribution in [0.1, 0.15) is 34.6 Å². The minimum absolute atomic E-state index is 0.153. The number of ether oxygens (including phenoxy) is 1. The summed E-state index contributed by atoms with van der Waals surface area (Å²) in [6.45, 7) is 4.09. The average Bonchev–Trinajstić information content (AvgIpc) is 2.90. The number of aliphatic hydroxyl groups is 1.